The van der Waals surface area contributed by atoms with Crippen LogP contribution in [0.15, 0.2) is 30.3 Å². The van der Waals surface area contributed by atoms with E-state index in [0.717, 1.165) is 5.75 Å². The van der Waals surface area contributed by atoms with E-state index in [2.05, 4.69) is 5.32 Å². The van der Waals surface area contributed by atoms with Gasteiger partial charge in [0.1, 0.15) is 5.75 Å². The summed E-state index contributed by atoms with van der Waals surface area (Å²) in [6, 6.07) is 9.29. The van der Waals surface area contributed by atoms with E-state index >= 15 is 0 Å². The van der Waals surface area contributed by atoms with Gasteiger partial charge in [-0.15, -0.1) is 0 Å². The summed E-state index contributed by atoms with van der Waals surface area (Å²) in [5, 5.41) is 12.8. The lowest BCUT2D eigenvalue weighted by atomic mass is 10.2. The van der Waals surface area contributed by atoms with Crippen LogP contribution in [0.5, 0.6) is 5.75 Å². The van der Waals surface area contributed by atoms with Crippen LogP contribution in [0.4, 0.5) is 0 Å². The molecule has 0 unspecified atom stereocenters. The molecule has 0 spiro atoms. The minimum atomic E-state index is -0.482. The third-order valence-electron chi connectivity index (χ3n) is 3.37. The van der Waals surface area contributed by atoms with Crippen LogP contribution in [0.3, 0.4) is 0 Å². The maximum atomic E-state index is 12.0. The first-order valence-corrected chi connectivity index (χ1v) is 6.51. The molecule has 1 amide bonds. The molecule has 1 heterocycles. The number of rotatable bonds is 5. The Balaban J connectivity index is 1.75. The molecule has 5 heteroatoms. The fourth-order valence-electron chi connectivity index (χ4n) is 2.18. The third kappa shape index (κ3) is 3.68. The number of likely N-dealkylation sites (N-methyl/N-ethyl adjacent to an activating group) is 1. The minimum Gasteiger partial charge on any atom is -0.493 e. The Kier molecular flexibility index (Phi) is 4.76. The van der Waals surface area contributed by atoms with E-state index in [9.17, 15) is 9.90 Å². The predicted molar refractivity (Wildman–Crippen MR) is 72.0 cm³/mol. The lowest BCUT2D eigenvalue weighted by molar-refractivity contribution is -0.133. The SMILES string of the molecule is CN(C(=O)CCOc1ccccc1)[C@H]1CNC[C@@H]1O. The van der Waals surface area contributed by atoms with Crippen LogP contribution < -0.4 is 10.1 Å². The number of amides is 1. The first-order chi connectivity index (χ1) is 9.18. The van der Waals surface area contributed by atoms with Crippen LogP contribution in [0, 0.1) is 0 Å². The molecule has 19 heavy (non-hydrogen) atoms. The van der Waals surface area contributed by atoms with Crippen molar-refractivity contribution in [2.24, 2.45) is 0 Å². The highest BCUT2D eigenvalue weighted by Gasteiger charge is 2.30. The van der Waals surface area contributed by atoms with E-state index in [0.29, 0.717) is 26.1 Å². The van der Waals surface area contributed by atoms with Gasteiger partial charge in [0.05, 0.1) is 25.2 Å². The Morgan fingerprint density at radius 1 is 1.42 bits per heavy atom. The number of hydrogen-bond acceptors (Lipinski definition) is 4. The number of benzene rings is 1. The maximum Gasteiger partial charge on any atom is 0.226 e. The Morgan fingerprint density at radius 3 is 2.79 bits per heavy atom. The molecule has 1 aliphatic rings. The second kappa shape index (κ2) is 6.54. The number of carbonyl (C=O) groups is 1. The second-order valence-electron chi connectivity index (χ2n) is 4.71. The zero-order valence-corrected chi connectivity index (χ0v) is 11.1. The van der Waals surface area contributed by atoms with Crippen LogP contribution >= 0.6 is 0 Å². The molecule has 1 fully saturated rings. The summed E-state index contributed by atoms with van der Waals surface area (Å²) in [6.07, 6.45) is -0.168. The second-order valence-corrected chi connectivity index (χ2v) is 4.71. The molecule has 0 bridgehead atoms. The molecule has 2 N–H and O–H groups in total. The fourth-order valence-corrected chi connectivity index (χ4v) is 2.18. The molecule has 2 atom stereocenters. The highest BCUT2D eigenvalue weighted by molar-refractivity contribution is 5.76. The number of para-hydroxylation sites is 1. The number of ether oxygens (including phenoxy) is 1. The summed E-state index contributed by atoms with van der Waals surface area (Å²) in [5.41, 5.74) is 0. The smallest absolute Gasteiger partial charge is 0.226 e. The van der Waals surface area contributed by atoms with Gasteiger partial charge < -0.3 is 20.1 Å². The Bertz CT molecular complexity index is 410. The molecule has 2 rings (SSSR count). The predicted octanol–water partition coefficient (Wildman–Crippen LogP) is 0.247. The summed E-state index contributed by atoms with van der Waals surface area (Å²) < 4.78 is 5.49. The Hall–Kier alpha value is -1.59. The van der Waals surface area contributed by atoms with E-state index < -0.39 is 6.10 Å². The van der Waals surface area contributed by atoms with Gasteiger partial charge >= 0.3 is 0 Å². The van der Waals surface area contributed by atoms with Crippen molar-refractivity contribution in [1.82, 2.24) is 10.2 Å². The van der Waals surface area contributed by atoms with E-state index in [-0.39, 0.29) is 11.9 Å². The standard InChI is InChI=1S/C14H20N2O3/c1-16(12-9-15-10-13(12)17)14(18)7-8-19-11-5-3-2-4-6-11/h2-6,12-13,15,17H,7-10H2,1H3/t12-,13-/m0/s1. The third-order valence-corrected chi connectivity index (χ3v) is 3.37. The first kappa shape index (κ1) is 13.8. The summed E-state index contributed by atoms with van der Waals surface area (Å²) in [7, 11) is 1.73. The van der Waals surface area contributed by atoms with E-state index in [1.165, 1.54) is 0 Å². The van der Waals surface area contributed by atoms with Crippen molar-refractivity contribution in [3.8, 4) is 5.75 Å². The van der Waals surface area contributed by atoms with Crippen molar-refractivity contribution < 1.29 is 14.6 Å². The van der Waals surface area contributed by atoms with Crippen molar-refractivity contribution in [2.45, 2.75) is 18.6 Å². The molecular formula is C14H20N2O3. The van der Waals surface area contributed by atoms with Crippen LogP contribution in [0.1, 0.15) is 6.42 Å². The Morgan fingerprint density at radius 2 is 2.16 bits per heavy atom. The summed E-state index contributed by atoms with van der Waals surface area (Å²) in [4.78, 5) is 13.6. The fraction of sp³-hybridized carbons (Fsp3) is 0.500. The topological polar surface area (TPSA) is 61.8 Å². The van der Waals surface area contributed by atoms with Gasteiger partial charge in [0, 0.05) is 20.1 Å². The summed E-state index contributed by atoms with van der Waals surface area (Å²) in [5.74, 6) is 0.754. The van der Waals surface area contributed by atoms with Gasteiger partial charge in [-0.3, -0.25) is 4.79 Å². The van der Waals surface area contributed by atoms with Crippen molar-refractivity contribution in [3.63, 3.8) is 0 Å². The van der Waals surface area contributed by atoms with Crippen molar-refractivity contribution in [2.75, 3.05) is 26.7 Å². The van der Waals surface area contributed by atoms with Crippen LogP contribution in [0.2, 0.25) is 0 Å². The molecule has 104 valence electrons. The van der Waals surface area contributed by atoms with Gasteiger partial charge in [0.25, 0.3) is 0 Å². The van der Waals surface area contributed by atoms with Gasteiger partial charge in [-0.25, -0.2) is 0 Å². The van der Waals surface area contributed by atoms with Crippen molar-refractivity contribution in [1.29, 1.82) is 0 Å². The molecule has 1 saturated heterocycles. The van der Waals surface area contributed by atoms with Gasteiger partial charge in [-0.1, -0.05) is 18.2 Å². The molecule has 0 aliphatic carbocycles. The average Bonchev–Trinajstić information content (AvgIpc) is 2.85. The molecule has 1 aromatic carbocycles. The zero-order chi connectivity index (χ0) is 13.7. The van der Waals surface area contributed by atoms with E-state index in [1.54, 1.807) is 11.9 Å². The monoisotopic (exact) mass is 264 g/mol. The van der Waals surface area contributed by atoms with Gasteiger partial charge in [0.2, 0.25) is 5.91 Å². The zero-order valence-electron chi connectivity index (χ0n) is 11.1. The quantitative estimate of drug-likeness (QED) is 0.800. The number of carbonyl (C=O) groups excluding carboxylic acids is 1. The van der Waals surface area contributed by atoms with Crippen molar-refractivity contribution in [3.05, 3.63) is 30.3 Å². The maximum absolute atomic E-state index is 12.0. The summed E-state index contributed by atoms with van der Waals surface area (Å²) >= 11 is 0. The van der Waals surface area contributed by atoms with Gasteiger partial charge in [-0.05, 0) is 12.1 Å². The Labute approximate surface area is 113 Å². The molecule has 1 aromatic rings. The number of aliphatic hydroxyl groups is 1. The number of aliphatic hydroxyl groups excluding tert-OH is 1. The number of nitrogens with zero attached hydrogens (tertiary/aromatic N) is 1. The molecule has 1 aliphatic heterocycles. The summed E-state index contributed by atoms with van der Waals surface area (Å²) in [6.45, 7) is 1.54. The number of hydrogen-bond donors (Lipinski definition) is 2. The lowest BCUT2D eigenvalue weighted by Crippen LogP contribution is -2.44. The minimum absolute atomic E-state index is 0.0105. The first-order valence-electron chi connectivity index (χ1n) is 6.51. The van der Waals surface area contributed by atoms with Gasteiger partial charge in [-0.2, -0.15) is 0 Å². The number of β-amino-alcohol motifs (C(OH)–C–C–N with tert-alkyl or cyclic N) is 1. The highest BCUT2D eigenvalue weighted by Crippen LogP contribution is 2.11. The van der Waals surface area contributed by atoms with E-state index in [1.807, 2.05) is 30.3 Å². The molecule has 0 saturated carbocycles. The molecule has 5 nitrogen and oxygen atoms in total. The number of nitrogens with one attached hydrogen (secondary N) is 1. The highest BCUT2D eigenvalue weighted by atomic mass is 16.5. The average molecular weight is 264 g/mol. The lowest BCUT2D eigenvalue weighted by Gasteiger charge is -2.26. The molecule has 0 aromatic heterocycles. The molecule has 0 radical (unpaired) electrons. The van der Waals surface area contributed by atoms with Crippen LogP contribution in [-0.2, 0) is 4.79 Å². The largest absolute Gasteiger partial charge is 0.493 e. The van der Waals surface area contributed by atoms with E-state index in [4.69, 9.17) is 4.74 Å². The van der Waals surface area contributed by atoms with Gasteiger partial charge in [0.15, 0.2) is 0 Å². The van der Waals surface area contributed by atoms with Crippen LogP contribution in [0.25, 0.3) is 0 Å². The molecular weight excluding hydrogens is 244 g/mol. The van der Waals surface area contributed by atoms with Crippen LogP contribution in [-0.4, -0.2) is 54.8 Å². The normalized spacial score (nSPS) is 22.2. The van der Waals surface area contributed by atoms with Crippen molar-refractivity contribution >= 4 is 5.91 Å².